The van der Waals surface area contributed by atoms with E-state index in [2.05, 4.69) is 10.3 Å². The van der Waals surface area contributed by atoms with Crippen molar-refractivity contribution >= 4 is 17.4 Å². The Morgan fingerprint density at radius 3 is 2.84 bits per heavy atom. The van der Waals surface area contributed by atoms with Crippen LogP contribution in [0.3, 0.4) is 0 Å². The second kappa shape index (κ2) is 6.05. The van der Waals surface area contributed by atoms with Crippen molar-refractivity contribution in [2.24, 2.45) is 0 Å². The summed E-state index contributed by atoms with van der Waals surface area (Å²) in [6.07, 6.45) is 4.78. The zero-order valence-electron chi connectivity index (χ0n) is 10.7. The summed E-state index contributed by atoms with van der Waals surface area (Å²) in [5.74, 6) is 0.509. The van der Waals surface area contributed by atoms with E-state index in [0.717, 1.165) is 25.9 Å². The summed E-state index contributed by atoms with van der Waals surface area (Å²) in [6, 6.07) is 3.51. The van der Waals surface area contributed by atoms with Gasteiger partial charge < -0.3 is 16.0 Å². The van der Waals surface area contributed by atoms with E-state index in [1.165, 1.54) is 12.6 Å². The number of nitrogens with zero attached hydrogens (tertiary/aromatic N) is 3. The quantitative estimate of drug-likeness (QED) is 0.843. The second-order valence-electron chi connectivity index (χ2n) is 4.57. The first-order valence-electron chi connectivity index (χ1n) is 6.38. The van der Waals surface area contributed by atoms with Gasteiger partial charge in [-0.2, -0.15) is 5.26 Å². The van der Waals surface area contributed by atoms with Gasteiger partial charge in [0.2, 0.25) is 5.91 Å². The zero-order chi connectivity index (χ0) is 13.7. The number of carbonyl (C=O) groups is 1. The molecular formula is C13H17N5O. The van der Waals surface area contributed by atoms with Crippen LogP contribution in [0.5, 0.6) is 0 Å². The highest BCUT2D eigenvalue weighted by atomic mass is 16.2. The number of nitriles is 1. The van der Waals surface area contributed by atoms with Gasteiger partial charge in [0.25, 0.3) is 0 Å². The summed E-state index contributed by atoms with van der Waals surface area (Å²) < 4.78 is 0. The summed E-state index contributed by atoms with van der Waals surface area (Å²) in [5, 5.41) is 11.6. The average molecular weight is 259 g/mol. The standard InChI is InChI=1S/C13H17N5O/c14-7-10-6-11(15)13(16-8-10)17-9-12(19)18-4-2-1-3-5-18/h6,8H,1-5,9,15H2,(H,16,17). The molecule has 19 heavy (non-hydrogen) atoms. The van der Waals surface area contributed by atoms with Gasteiger partial charge in [0.15, 0.2) is 0 Å². The Balaban J connectivity index is 1.91. The van der Waals surface area contributed by atoms with Gasteiger partial charge in [0.1, 0.15) is 11.9 Å². The van der Waals surface area contributed by atoms with Crippen LogP contribution in [0.2, 0.25) is 0 Å². The molecule has 1 aromatic rings. The molecule has 0 unspecified atom stereocenters. The van der Waals surface area contributed by atoms with E-state index >= 15 is 0 Å². The van der Waals surface area contributed by atoms with Crippen molar-refractivity contribution in [3.8, 4) is 6.07 Å². The third kappa shape index (κ3) is 3.35. The molecule has 0 spiro atoms. The SMILES string of the molecule is N#Cc1cnc(NCC(=O)N2CCCCC2)c(N)c1. The van der Waals surface area contributed by atoms with Crippen molar-refractivity contribution in [2.75, 3.05) is 30.7 Å². The van der Waals surface area contributed by atoms with Crippen LogP contribution in [0.15, 0.2) is 12.3 Å². The molecule has 1 aliphatic rings. The van der Waals surface area contributed by atoms with Crippen molar-refractivity contribution in [3.05, 3.63) is 17.8 Å². The molecule has 0 atom stereocenters. The lowest BCUT2D eigenvalue weighted by Crippen LogP contribution is -2.39. The number of anilines is 2. The molecule has 3 N–H and O–H groups in total. The molecule has 1 aliphatic heterocycles. The van der Waals surface area contributed by atoms with Gasteiger partial charge in [-0.1, -0.05) is 0 Å². The summed E-state index contributed by atoms with van der Waals surface area (Å²) in [7, 11) is 0. The maximum atomic E-state index is 11.9. The molecule has 0 aliphatic carbocycles. The third-order valence-electron chi connectivity index (χ3n) is 3.16. The molecule has 0 bridgehead atoms. The predicted octanol–water partition coefficient (Wildman–Crippen LogP) is 0.960. The Morgan fingerprint density at radius 2 is 2.21 bits per heavy atom. The molecule has 0 saturated carbocycles. The third-order valence-corrected chi connectivity index (χ3v) is 3.16. The van der Waals surface area contributed by atoms with Gasteiger partial charge in [-0.25, -0.2) is 4.98 Å². The number of aromatic nitrogens is 1. The number of nitrogens with one attached hydrogen (secondary N) is 1. The van der Waals surface area contributed by atoms with E-state index in [1.807, 2.05) is 11.0 Å². The first kappa shape index (κ1) is 13.1. The normalized spacial score (nSPS) is 14.8. The van der Waals surface area contributed by atoms with Crippen molar-refractivity contribution in [2.45, 2.75) is 19.3 Å². The highest BCUT2D eigenvalue weighted by Crippen LogP contribution is 2.16. The number of nitrogen functional groups attached to an aromatic ring is 1. The van der Waals surface area contributed by atoms with E-state index in [-0.39, 0.29) is 12.5 Å². The number of amides is 1. The molecule has 6 heteroatoms. The minimum Gasteiger partial charge on any atom is -0.396 e. The number of likely N-dealkylation sites (tertiary alicyclic amines) is 1. The van der Waals surface area contributed by atoms with Crippen LogP contribution in [0.4, 0.5) is 11.5 Å². The van der Waals surface area contributed by atoms with Crippen LogP contribution in [-0.4, -0.2) is 35.4 Å². The molecular weight excluding hydrogens is 242 g/mol. The number of piperidine rings is 1. The molecule has 1 amide bonds. The van der Waals surface area contributed by atoms with Crippen molar-refractivity contribution in [3.63, 3.8) is 0 Å². The zero-order valence-corrected chi connectivity index (χ0v) is 10.7. The van der Waals surface area contributed by atoms with E-state index in [0.29, 0.717) is 17.1 Å². The van der Waals surface area contributed by atoms with Gasteiger partial charge in [0.05, 0.1) is 17.8 Å². The number of hydrogen-bond donors (Lipinski definition) is 2. The number of carbonyl (C=O) groups excluding carboxylic acids is 1. The number of nitrogens with two attached hydrogens (primary N) is 1. The second-order valence-corrected chi connectivity index (χ2v) is 4.57. The highest BCUT2D eigenvalue weighted by molar-refractivity contribution is 5.81. The van der Waals surface area contributed by atoms with Crippen LogP contribution >= 0.6 is 0 Å². The van der Waals surface area contributed by atoms with E-state index in [9.17, 15) is 4.79 Å². The summed E-state index contributed by atoms with van der Waals surface area (Å²) in [5.41, 5.74) is 6.55. The monoisotopic (exact) mass is 259 g/mol. The Bertz CT molecular complexity index is 502. The Morgan fingerprint density at radius 1 is 1.47 bits per heavy atom. The number of rotatable bonds is 3. The van der Waals surface area contributed by atoms with E-state index in [4.69, 9.17) is 11.0 Å². The summed E-state index contributed by atoms with van der Waals surface area (Å²) in [6.45, 7) is 1.84. The molecule has 6 nitrogen and oxygen atoms in total. The molecule has 1 fully saturated rings. The minimum atomic E-state index is 0.0604. The summed E-state index contributed by atoms with van der Waals surface area (Å²) in [4.78, 5) is 17.8. The smallest absolute Gasteiger partial charge is 0.241 e. The maximum Gasteiger partial charge on any atom is 0.241 e. The fourth-order valence-electron chi connectivity index (χ4n) is 2.11. The molecule has 0 aromatic carbocycles. The topological polar surface area (TPSA) is 95.0 Å². The van der Waals surface area contributed by atoms with Gasteiger partial charge in [-0.3, -0.25) is 4.79 Å². The van der Waals surface area contributed by atoms with E-state index < -0.39 is 0 Å². The Hall–Kier alpha value is -2.29. The number of pyridine rings is 1. The molecule has 100 valence electrons. The first-order chi connectivity index (χ1) is 9.20. The van der Waals surface area contributed by atoms with Crippen LogP contribution in [0, 0.1) is 11.3 Å². The van der Waals surface area contributed by atoms with Crippen LogP contribution in [0.1, 0.15) is 24.8 Å². The van der Waals surface area contributed by atoms with Gasteiger partial charge in [-0.15, -0.1) is 0 Å². The lowest BCUT2D eigenvalue weighted by molar-refractivity contribution is -0.130. The molecule has 1 aromatic heterocycles. The lowest BCUT2D eigenvalue weighted by atomic mass is 10.1. The fraction of sp³-hybridized carbons (Fsp3) is 0.462. The largest absolute Gasteiger partial charge is 0.396 e. The van der Waals surface area contributed by atoms with Gasteiger partial charge in [0, 0.05) is 19.3 Å². The minimum absolute atomic E-state index is 0.0604. The van der Waals surface area contributed by atoms with Gasteiger partial charge >= 0.3 is 0 Å². The Kier molecular flexibility index (Phi) is 4.18. The predicted molar refractivity (Wildman–Crippen MR) is 72.3 cm³/mol. The molecule has 0 radical (unpaired) electrons. The van der Waals surface area contributed by atoms with Crippen LogP contribution < -0.4 is 11.1 Å². The first-order valence-corrected chi connectivity index (χ1v) is 6.38. The number of hydrogen-bond acceptors (Lipinski definition) is 5. The summed E-state index contributed by atoms with van der Waals surface area (Å²) >= 11 is 0. The highest BCUT2D eigenvalue weighted by Gasteiger charge is 2.16. The van der Waals surface area contributed by atoms with Crippen molar-refractivity contribution < 1.29 is 4.79 Å². The average Bonchev–Trinajstić information content (AvgIpc) is 2.46. The van der Waals surface area contributed by atoms with E-state index in [1.54, 1.807) is 6.07 Å². The molecule has 1 saturated heterocycles. The maximum absolute atomic E-state index is 11.9. The van der Waals surface area contributed by atoms with Crippen LogP contribution in [0.25, 0.3) is 0 Å². The molecule has 2 heterocycles. The lowest BCUT2D eigenvalue weighted by Gasteiger charge is -2.26. The Labute approximate surface area is 112 Å². The molecule has 2 rings (SSSR count). The van der Waals surface area contributed by atoms with Crippen molar-refractivity contribution in [1.29, 1.82) is 5.26 Å². The fourth-order valence-corrected chi connectivity index (χ4v) is 2.11. The van der Waals surface area contributed by atoms with Gasteiger partial charge in [-0.05, 0) is 25.3 Å². The van der Waals surface area contributed by atoms with Crippen molar-refractivity contribution in [1.82, 2.24) is 9.88 Å². The van der Waals surface area contributed by atoms with Crippen LogP contribution in [-0.2, 0) is 4.79 Å².